The number of hydrogen-bond donors (Lipinski definition) is 1. The maximum atomic E-state index is 5.83. The van der Waals surface area contributed by atoms with Crippen LogP contribution in [0.3, 0.4) is 0 Å². The summed E-state index contributed by atoms with van der Waals surface area (Å²) >= 11 is 6.93. The van der Waals surface area contributed by atoms with Crippen LogP contribution in [0.25, 0.3) is 5.69 Å². The molecule has 2 rings (SSSR count). The zero-order chi connectivity index (χ0) is 12.6. The summed E-state index contributed by atoms with van der Waals surface area (Å²) in [6.45, 7) is 3.87. The van der Waals surface area contributed by atoms with Crippen LogP contribution in [0.4, 0.5) is 0 Å². The number of benzene rings is 1. The van der Waals surface area contributed by atoms with E-state index in [2.05, 4.69) is 42.2 Å². The highest BCUT2D eigenvalue weighted by Crippen LogP contribution is 2.26. The molecular formula is C11H12Br2N4. The molecule has 1 unspecified atom stereocenters. The van der Waals surface area contributed by atoms with E-state index in [1.165, 1.54) is 0 Å². The first-order valence-corrected chi connectivity index (χ1v) is 6.72. The van der Waals surface area contributed by atoms with Crippen LogP contribution in [0.15, 0.2) is 27.1 Å². The Bertz CT molecular complexity index is 548. The van der Waals surface area contributed by atoms with Gasteiger partial charge in [0.2, 0.25) is 0 Å². The standard InChI is InChI=1S/C11H12Br2N4/c1-6(14)11-7(2)17(16-15-11)10-4-3-8(12)5-9(10)13/h3-6H,14H2,1-2H3. The van der Waals surface area contributed by atoms with E-state index in [1.54, 1.807) is 4.68 Å². The first-order chi connectivity index (χ1) is 8.00. The summed E-state index contributed by atoms with van der Waals surface area (Å²) in [5.41, 5.74) is 8.56. The smallest absolute Gasteiger partial charge is 0.102 e. The van der Waals surface area contributed by atoms with Crippen molar-refractivity contribution in [2.45, 2.75) is 19.9 Å². The first-order valence-electron chi connectivity index (χ1n) is 5.14. The highest BCUT2D eigenvalue weighted by atomic mass is 79.9. The average molecular weight is 360 g/mol. The van der Waals surface area contributed by atoms with Crippen molar-refractivity contribution in [3.8, 4) is 5.69 Å². The van der Waals surface area contributed by atoms with Crippen LogP contribution in [0.2, 0.25) is 0 Å². The van der Waals surface area contributed by atoms with Crippen LogP contribution >= 0.6 is 31.9 Å². The molecule has 2 N–H and O–H groups in total. The number of halogens is 2. The second-order valence-electron chi connectivity index (χ2n) is 3.86. The molecule has 1 heterocycles. The van der Waals surface area contributed by atoms with E-state index in [0.29, 0.717) is 0 Å². The van der Waals surface area contributed by atoms with Gasteiger partial charge in [-0.1, -0.05) is 21.1 Å². The van der Waals surface area contributed by atoms with Gasteiger partial charge < -0.3 is 5.73 Å². The molecule has 0 saturated heterocycles. The summed E-state index contributed by atoms with van der Waals surface area (Å²) in [4.78, 5) is 0. The zero-order valence-corrected chi connectivity index (χ0v) is 12.7. The lowest BCUT2D eigenvalue weighted by atomic mass is 10.2. The van der Waals surface area contributed by atoms with Crippen LogP contribution < -0.4 is 5.73 Å². The highest BCUT2D eigenvalue weighted by molar-refractivity contribution is 9.11. The lowest BCUT2D eigenvalue weighted by Crippen LogP contribution is -2.08. The Morgan fingerprint density at radius 3 is 2.59 bits per heavy atom. The van der Waals surface area contributed by atoms with Gasteiger partial charge in [-0.05, 0) is 48.0 Å². The largest absolute Gasteiger partial charge is 0.323 e. The maximum Gasteiger partial charge on any atom is 0.102 e. The number of aromatic nitrogens is 3. The third kappa shape index (κ3) is 2.43. The van der Waals surface area contributed by atoms with E-state index in [0.717, 1.165) is 26.0 Å². The second-order valence-corrected chi connectivity index (χ2v) is 5.63. The van der Waals surface area contributed by atoms with E-state index >= 15 is 0 Å². The third-order valence-corrected chi connectivity index (χ3v) is 3.63. The molecule has 2 aromatic rings. The van der Waals surface area contributed by atoms with Gasteiger partial charge in [0.05, 0.1) is 11.4 Å². The first kappa shape index (κ1) is 12.7. The van der Waals surface area contributed by atoms with Crippen LogP contribution in [-0.4, -0.2) is 15.0 Å². The summed E-state index contributed by atoms with van der Waals surface area (Å²) in [6.07, 6.45) is 0. The van der Waals surface area contributed by atoms with Crippen LogP contribution in [0.5, 0.6) is 0 Å². The number of nitrogens with zero attached hydrogens (tertiary/aromatic N) is 3. The molecule has 0 radical (unpaired) electrons. The average Bonchev–Trinajstić information content (AvgIpc) is 2.60. The van der Waals surface area contributed by atoms with E-state index in [1.807, 2.05) is 32.0 Å². The minimum atomic E-state index is -0.113. The van der Waals surface area contributed by atoms with Gasteiger partial charge in [0.15, 0.2) is 0 Å². The fourth-order valence-electron chi connectivity index (χ4n) is 1.64. The summed E-state index contributed by atoms with van der Waals surface area (Å²) in [5.74, 6) is 0. The summed E-state index contributed by atoms with van der Waals surface area (Å²) in [7, 11) is 0. The van der Waals surface area contributed by atoms with Crippen molar-refractivity contribution in [1.82, 2.24) is 15.0 Å². The lowest BCUT2D eigenvalue weighted by molar-refractivity contribution is 0.756. The Kier molecular flexibility index (Phi) is 3.65. The molecule has 6 heteroatoms. The molecule has 0 amide bonds. The topological polar surface area (TPSA) is 56.7 Å². The molecule has 1 atom stereocenters. The number of rotatable bonds is 2. The molecule has 0 aliphatic heterocycles. The van der Waals surface area contributed by atoms with E-state index in [9.17, 15) is 0 Å². The van der Waals surface area contributed by atoms with Crippen LogP contribution in [0.1, 0.15) is 24.4 Å². The van der Waals surface area contributed by atoms with Gasteiger partial charge in [-0.2, -0.15) is 0 Å². The van der Waals surface area contributed by atoms with Gasteiger partial charge in [0, 0.05) is 15.0 Å². The molecular weight excluding hydrogens is 348 g/mol. The molecule has 0 saturated carbocycles. The second kappa shape index (κ2) is 4.88. The minimum absolute atomic E-state index is 0.113. The van der Waals surface area contributed by atoms with E-state index in [-0.39, 0.29) is 6.04 Å². The maximum absolute atomic E-state index is 5.83. The molecule has 1 aromatic heterocycles. The summed E-state index contributed by atoms with van der Waals surface area (Å²) < 4.78 is 3.75. The molecule has 90 valence electrons. The van der Waals surface area contributed by atoms with Gasteiger partial charge in [-0.25, -0.2) is 4.68 Å². The predicted octanol–water partition coefficient (Wildman–Crippen LogP) is 3.12. The molecule has 17 heavy (non-hydrogen) atoms. The number of nitrogens with two attached hydrogens (primary N) is 1. The van der Waals surface area contributed by atoms with Gasteiger partial charge in [0.1, 0.15) is 5.69 Å². The Morgan fingerprint density at radius 1 is 1.35 bits per heavy atom. The molecule has 0 aliphatic carbocycles. The van der Waals surface area contributed by atoms with Gasteiger partial charge >= 0.3 is 0 Å². The molecule has 0 aliphatic rings. The van der Waals surface area contributed by atoms with Crippen molar-refractivity contribution in [2.75, 3.05) is 0 Å². The van der Waals surface area contributed by atoms with Crippen molar-refractivity contribution < 1.29 is 0 Å². The van der Waals surface area contributed by atoms with Crippen molar-refractivity contribution in [2.24, 2.45) is 5.73 Å². The Morgan fingerprint density at radius 2 is 2.06 bits per heavy atom. The van der Waals surface area contributed by atoms with Crippen molar-refractivity contribution in [3.05, 3.63) is 38.5 Å². The third-order valence-electron chi connectivity index (χ3n) is 2.50. The van der Waals surface area contributed by atoms with Crippen molar-refractivity contribution in [3.63, 3.8) is 0 Å². The van der Waals surface area contributed by atoms with E-state index in [4.69, 9.17) is 5.73 Å². The Balaban J connectivity index is 2.54. The quantitative estimate of drug-likeness (QED) is 0.896. The number of hydrogen-bond acceptors (Lipinski definition) is 3. The summed E-state index contributed by atoms with van der Waals surface area (Å²) in [6, 6.07) is 5.80. The summed E-state index contributed by atoms with van der Waals surface area (Å²) in [5, 5.41) is 8.25. The predicted molar refractivity (Wildman–Crippen MR) is 74.1 cm³/mol. The molecule has 0 spiro atoms. The van der Waals surface area contributed by atoms with Crippen molar-refractivity contribution >= 4 is 31.9 Å². The molecule has 4 nitrogen and oxygen atoms in total. The normalized spacial score (nSPS) is 12.8. The molecule has 0 fully saturated rings. The van der Waals surface area contributed by atoms with Gasteiger partial charge in [-0.3, -0.25) is 0 Å². The fraction of sp³-hybridized carbons (Fsp3) is 0.273. The Labute approximate surface area is 116 Å². The highest BCUT2D eigenvalue weighted by Gasteiger charge is 2.14. The Hall–Kier alpha value is -0.720. The van der Waals surface area contributed by atoms with Crippen molar-refractivity contribution in [1.29, 1.82) is 0 Å². The fourth-order valence-corrected chi connectivity index (χ4v) is 2.86. The zero-order valence-electron chi connectivity index (χ0n) is 9.48. The SMILES string of the molecule is Cc1c(C(C)N)nnn1-c1ccc(Br)cc1Br. The van der Waals surface area contributed by atoms with Gasteiger partial charge in [0.25, 0.3) is 0 Å². The monoisotopic (exact) mass is 358 g/mol. The molecule has 0 bridgehead atoms. The van der Waals surface area contributed by atoms with Crippen LogP contribution in [-0.2, 0) is 0 Å². The molecule has 1 aromatic carbocycles. The van der Waals surface area contributed by atoms with E-state index < -0.39 is 0 Å². The van der Waals surface area contributed by atoms with Gasteiger partial charge in [-0.15, -0.1) is 5.10 Å². The van der Waals surface area contributed by atoms with Crippen LogP contribution in [0, 0.1) is 6.92 Å². The lowest BCUT2D eigenvalue weighted by Gasteiger charge is -2.07. The minimum Gasteiger partial charge on any atom is -0.323 e.